The summed E-state index contributed by atoms with van der Waals surface area (Å²) in [5.41, 5.74) is 17.1. The van der Waals surface area contributed by atoms with Crippen molar-refractivity contribution in [1.29, 1.82) is 0 Å². The minimum absolute atomic E-state index is 0.277. The zero-order valence-corrected chi connectivity index (χ0v) is 59.8. The SMILES string of the molecule is CC(=O)CC/C=C(\C)CC/C=C(\C)CCC=C(C)C.CC(C)=CCC/C(C)=C/CC/C(C)=C/CCC(=O)C=O.CC(C)=CCC/C(C)=C/CC/C(C)=C/CCC(=O)CBr.CC(C)=CCC/C(C)=C/CC/C(C)=C/CCC(C)O[Si](C)(C)C. The molecule has 0 heterocycles. The predicted octanol–water partition coefficient (Wildman–Crippen LogP) is 24.3. The monoisotopic (exact) mass is 1210 g/mol. The Balaban J connectivity index is -0.000000496. The van der Waals surface area contributed by atoms with E-state index >= 15 is 0 Å². The van der Waals surface area contributed by atoms with Crippen LogP contribution in [0.15, 0.2) is 140 Å². The summed E-state index contributed by atoms with van der Waals surface area (Å²) >= 11 is 3.19. The van der Waals surface area contributed by atoms with Gasteiger partial charge in [0.1, 0.15) is 11.6 Å². The van der Waals surface area contributed by atoms with Crippen molar-refractivity contribution in [3.8, 4) is 0 Å². The second-order valence-electron chi connectivity index (χ2n) is 25.0. The molecule has 0 spiro atoms. The van der Waals surface area contributed by atoms with Gasteiger partial charge in [0.05, 0.1) is 5.33 Å². The van der Waals surface area contributed by atoms with Crippen LogP contribution in [0, 0.1) is 0 Å². The maximum absolute atomic E-state index is 11.2. The number of carbonyl (C=O) groups is 4. The average molecular weight is 1220 g/mol. The van der Waals surface area contributed by atoms with Crippen molar-refractivity contribution in [3.63, 3.8) is 0 Å². The molecule has 1 unspecified atom stereocenters. The third-order valence-electron chi connectivity index (χ3n) is 13.2. The minimum Gasteiger partial charge on any atom is -0.415 e. The number of halogens is 1. The third-order valence-corrected chi connectivity index (χ3v) is 14.9. The summed E-state index contributed by atoms with van der Waals surface area (Å²) in [4.78, 5) is 43.0. The Labute approximate surface area is 518 Å². The van der Waals surface area contributed by atoms with E-state index in [1.807, 2.05) is 0 Å². The molecule has 7 heteroatoms. The molecule has 0 aromatic heterocycles. The van der Waals surface area contributed by atoms with Gasteiger partial charge in [0.2, 0.25) is 0 Å². The number of Topliss-reactive ketones (excluding diaryl/α,β-unsaturated/α-hetero) is 3. The molecule has 0 N–H and O–H groups in total. The molecule has 0 aliphatic carbocycles. The molecule has 0 aliphatic heterocycles. The van der Waals surface area contributed by atoms with Crippen LogP contribution in [0.2, 0.25) is 19.6 Å². The molecule has 0 aromatic rings. The van der Waals surface area contributed by atoms with Crippen LogP contribution in [0.5, 0.6) is 0 Å². The maximum Gasteiger partial charge on any atom is 0.195 e. The number of carbonyl (C=O) groups excluding carboxylic acids is 4. The zero-order chi connectivity index (χ0) is 63.3. The van der Waals surface area contributed by atoms with Crippen LogP contribution < -0.4 is 0 Å². The van der Waals surface area contributed by atoms with E-state index in [1.54, 1.807) is 6.92 Å². The van der Waals surface area contributed by atoms with Gasteiger partial charge in [-0.05, 0) is 279 Å². The van der Waals surface area contributed by atoms with Gasteiger partial charge in [-0.1, -0.05) is 156 Å². The van der Waals surface area contributed by atoms with Crippen molar-refractivity contribution in [2.24, 2.45) is 0 Å². The van der Waals surface area contributed by atoms with Gasteiger partial charge in [0.15, 0.2) is 20.4 Å². The highest BCUT2D eigenvalue weighted by atomic mass is 79.9. The van der Waals surface area contributed by atoms with Crippen molar-refractivity contribution < 1.29 is 23.6 Å². The lowest BCUT2D eigenvalue weighted by Crippen LogP contribution is -2.30. The molecule has 0 bridgehead atoms. The summed E-state index contributed by atoms with van der Waals surface area (Å²) in [5.74, 6) is 0.243. The zero-order valence-electron chi connectivity index (χ0n) is 57.2. The van der Waals surface area contributed by atoms with E-state index < -0.39 is 8.32 Å². The number of allylic oxidation sites excluding steroid dienone is 24. The van der Waals surface area contributed by atoms with E-state index in [0.29, 0.717) is 43.4 Å². The number of hydrogen-bond acceptors (Lipinski definition) is 5. The molecule has 468 valence electrons. The van der Waals surface area contributed by atoms with E-state index in [2.05, 4.69) is 226 Å². The molecular weight excluding hydrogens is 1090 g/mol. The molecule has 0 radical (unpaired) electrons. The Morgan fingerprint density at radius 1 is 0.354 bits per heavy atom. The molecule has 0 amide bonds. The molecule has 1 atom stereocenters. The second kappa shape index (κ2) is 56.4. The van der Waals surface area contributed by atoms with Crippen molar-refractivity contribution in [2.45, 2.75) is 304 Å². The highest BCUT2D eigenvalue weighted by molar-refractivity contribution is 9.09. The topological polar surface area (TPSA) is 77.5 Å². The Morgan fingerprint density at radius 2 is 0.585 bits per heavy atom. The van der Waals surface area contributed by atoms with E-state index in [0.717, 1.165) is 103 Å². The van der Waals surface area contributed by atoms with Gasteiger partial charge in [-0.25, -0.2) is 0 Å². The number of hydrogen-bond donors (Lipinski definition) is 0. The Morgan fingerprint density at radius 3 is 0.817 bits per heavy atom. The lowest BCUT2D eigenvalue weighted by Gasteiger charge is -2.23. The quantitative estimate of drug-likeness (QED) is 0.0201. The van der Waals surface area contributed by atoms with Crippen molar-refractivity contribution in [2.75, 3.05) is 5.33 Å². The van der Waals surface area contributed by atoms with Gasteiger partial charge in [0, 0.05) is 25.4 Å². The number of alkyl halides is 1. The van der Waals surface area contributed by atoms with Crippen LogP contribution in [-0.2, 0) is 23.6 Å². The summed E-state index contributed by atoms with van der Waals surface area (Å²) < 4.78 is 6.08. The second-order valence-corrected chi connectivity index (χ2v) is 30.1. The number of rotatable bonds is 40. The fourth-order valence-corrected chi connectivity index (χ4v) is 9.78. The van der Waals surface area contributed by atoms with Crippen LogP contribution in [-0.4, -0.2) is 43.4 Å². The first-order valence-electron chi connectivity index (χ1n) is 31.4. The molecule has 0 fully saturated rings. The molecule has 0 rings (SSSR count). The van der Waals surface area contributed by atoms with E-state index in [9.17, 15) is 19.2 Å². The van der Waals surface area contributed by atoms with Gasteiger partial charge in [-0.2, -0.15) is 0 Å². The Bertz CT molecular complexity index is 2130. The average Bonchev–Trinajstić information content (AvgIpc) is 3.35. The molecule has 5 nitrogen and oxygen atoms in total. The normalized spacial score (nSPS) is 13.0. The minimum atomic E-state index is -1.38. The van der Waals surface area contributed by atoms with E-state index in [1.165, 1.54) is 92.6 Å². The fourth-order valence-electron chi connectivity index (χ4n) is 8.17. The summed E-state index contributed by atoms with van der Waals surface area (Å²) in [6.07, 6.45) is 52.7. The first-order valence-corrected chi connectivity index (χ1v) is 36.0. The number of ketones is 3. The molecule has 0 aliphatic rings. The van der Waals surface area contributed by atoms with Gasteiger partial charge < -0.3 is 9.22 Å². The highest BCUT2D eigenvalue weighted by Gasteiger charge is 2.17. The summed E-state index contributed by atoms with van der Waals surface area (Å²) in [6.45, 7) is 45.4. The van der Waals surface area contributed by atoms with Crippen molar-refractivity contribution >= 4 is 47.9 Å². The summed E-state index contributed by atoms with van der Waals surface area (Å²) in [7, 11) is -1.38. The Kier molecular flexibility index (Phi) is 58.2. The van der Waals surface area contributed by atoms with Crippen LogP contribution in [0.1, 0.15) is 279 Å². The number of aldehydes is 1. The van der Waals surface area contributed by atoms with Crippen LogP contribution >= 0.6 is 15.9 Å². The fraction of sp³-hybridized carbons (Fsp3) is 0.627. The highest BCUT2D eigenvalue weighted by Crippen LogP contribution is 2.18. The lowest BCUT2D eigenvalue weighted by molar-refractivity contribution is -0.129. The van der Waals surface area contributed by atoms with Crippen molar-refractivity contribution in [1.82, 2.24) is 0 Å². The van der Waals surface area contributed by atoms with Gasteiger partial charge in [-0.15, -0.1) is 0 Å². The largest absolute Gasteiger partial charge is 0.415 e. The Hall–Kier alpha value is -3.78. The van der Waals surface area contributed by atoms with Crippen LogP contribution in [0.3, 0.4) is 0 Å². The lowest BCUT2D eigenvalue weighted by atomic mass is 10.1. The standard InChI is InChI=1S/C21H40OSi.C18H29BrO.C18H28O2.C18H30O/c1-18(2)12-9-13-19(3)14-10-15-20(4)16-11-17-21(5)22-23(6,7)8;2*1-15(2)8-5-9-16(3)10-6-11-17(4)12-7-13-18(20)14-19;1-15(2)9-6-10-16(3)11-7-12-17(4)13-8-14-18(5)19/h12,14,16,21H,9-11,13,15,17H2,1-8H3;8,10,12H,5-7,9,11,13-14H2,1-4H3;8,10,12,14H,5-7,9,11,13H2,1-4H3;9,11,13H,6-8,10,12,14H2,1-5H3/b19-14+,20-16+;2*16-10+,17-12+;16-11+,17-13+. The van der Waals surface area contributed by atoms with E-state index in [-0.39, 0.29) is 17.3 Å². The van der Waals surface area contributed by atoms with Crippen molar-refractivity contribution in [3.05, 3.63) is 140 Å². The van der Waals surface area contributed by atoms with Crippen LogP contribution in [0.4, 0.5) is 0 Å². The predicted molar refractivity (Wildman–Crippen MR) is 373 cm³/mol. The summed E-state index contributed by atoms with van der Waals surface area (Å²) in [6, 6.07) is 0. The molecular formula is C75H127BrO5Si. The van der Waals surface area contributed by atoms with Crippen LogP contribution in [0.25, 0.3) is 0 Å². The summed E-state index contributed by atoms with van der Waals surface area (Å²) in [5, 5.41) is 0.480. The van der Waals surface area contributed by atoms with Gasteiger partial charge >= 0.3 is 0 Å². The first-order chi connectivity index (χ1) is 38.4. The molecule has 0 saturated heterocycles. The van der Waals surface area contributed by atoms with E-state index in [4.69, 9.17) is 4.43 Å². The third kappa shape index (κ3) is 72.3. The smallest absolute Gasteiger partial charge is 0.195 e. The molecule has 0 saturated carbocycles. The maximum atomic E-state index is 11.2. The van der Waals surface area contributed by atoms with Gasteiger partial charge in [-0.3, -0.25) is 14.4 Å². The van der Waals surface area contributed by atoms with Gasteiger partial charge in [0.25, 0.3) is 0 Å². The first kappa shape index (κ1) is 84.7. The molecule has 0 aromatic carbocycles. The molecule has 82 heavy (non-hydrogen) atoms.